The van der Waals surface area contributed by atoms with E-state index < -0.39 is 11.8 Å². The molecular weight excluding hydrogens is 977 g/mol. The van der Waals surface area contributed by atoms with Crippen LogP contribution in [-0.4, -0.2) is 0 Å². The second-order valence-electron chi connectivity index (χ2n) is 18.3. The first-order chi connectivity index (χ1) is 32.3. The Labute approximate surface area is 417 Å². The van der Waals surface area contributed by atoms with Crippen molar-refractivity contribution in [3.8, 4) is 45.2 Å². The van der Waals surface area contributed by atoms with Crippen LogP contribution in [0.15, 0.2) is 68.2 Å². The third kappa shape index (κ3) is 11.5. The van der Waals surface area contributed by atoms with Crippen molar-refractivity contribution >= 4 is 65.7 Å². The second-order valence-corrected chi connectivity index (χ2v) is 23.2. The molecule has 0 saturated heterocycles. The van der Waals surface area contributed by atoms with Crippen LogP contribution in [0.2, 0.25) is 0 Å². The SMILES string of the molecule is CCCCCCCCCCCCc1cc(Br)sc1-c1ccc2c(c1)=C(C(C#N)C#N)c1cc3c(cc1=2)C(C(C#N)C#N)=c1cc(-c2sc(Br)cc2CCCCCCCCCCCC)ccc1=3. The van der Waals surface area contributed by atoms with E-state index in [9.17, 15) is 21.0 Å². The number of aryl methyl sites for hydroxylation is 2. The summed E-state index contributed by atoms with van der Waals surface area (Å²) in [6.45, 7) is 4.54. The molecule has 0 amide bonds. The minimum atomic E-state index is -0.969. The minimum absolute atomic E-state index is 0.727. The molecule has 0 saturated carbocycles. The number of thiophene rings is 2. The number of hydrogen-bond donors (Lipinski definition) is 0. The van der Waals surface area contributed by atoms with Crippen LogP contribution in [0, 0.1) is 78.0 Å². The van der Waals surface area contributed by atoms with Gasteiger partial charge in [0.1, 0.15) is 0 Å². The lowest BCUT2D eigenvalue weighted by molar-refractivity contribution is 0.556. The molecule has 0 bridgehead atoms. The van der Waals surface area contributed by atoms with E-state index in [2.05, 4.69) is 131 Å². The maximum absolute atomic E-state index is 10.4. The zero-order valence-corrected chi connectivity index (χ0v) is 43.7. The maximum atomic E-state index is 10.4. The van der Waals surface area contributed by atoms with Crippen molar-refractivity contribution in [1.82, 2.24) is 0 Å². The number of nitrogens with zero attached hydrogens (tertiary/aromatic N) is 4. The molecule has 7 rings (SSSR count). The molecule has 0 radical (unpaired) electrons. The van der Waals surface area contributed by atoms with Crippen molar-refractivity contribution in [2.45, 2.75) is 155 Å². The Morgan fingerprint density at radius 3 is 1.08 bits per heavy atom. The third-order valence-electron chi connectivity index (χ3n) is 13.7. The van der Waals surface area contributed by atoms with E-state index in [-0.39, 0.29) is 0 Å². The number of fused-ring (bicyclic) bond motifs is 4. The van der Waals surface area contributed by atoms with Gasteiger partial charge in [0.2, 0.25) is 0 Å². The van der Waals surface area contributed by atoms with Gasteiger partial charge in [-0.15, -0.1) is 22.7 Å². The molecule has 8 heteroatoms. The van der Waals surface area contributed by atoms with Crippen molar-refractivity contribution in [3.05, 3.63) is 122 Å². The normalized spacial score (nSPS) is 12.2. The van der Waals surface area contributed by atoms with Gasteiger partial charge >= 0.3 is 0 Å². The summed E-state index contributed by atoms with van der Waals surface area (Å²) < 4.78 is 2.20. The van der Waals surface area contributed by atoms with E-state index in [0.717, 1.165) is 98.0 Å². The van der Waals surface area contributed by atoms with E-state index in [1.165, 1.54) is 136 Å². The van der Waals surface area contributed by atoms with E-state index in [1.807, 2.05) is 0 Å². The van der Waals surface area contributed by atoms with Crippen LogP contribution in [0.25, 0.3) is 32.0 Å². The first-order valence-electron chi connectivity index (χ1n) is 24.7. The van der Waals surface area contributed by atoms with Crippen LogP contribution in [0.4, 0.5) is 0 Å². The summed E-state index contributed by atoms with van der Waals surface area (Å²) in [5.74, 6) is -1.94. The highest BCUT2D eigenvalue weighted by atomic mass is 79.9. The summed E-state index contributed by atoms with van der Waals surface area (Å²) in [6, 6.07) is 31.0. The molecule has 0 aliphatic heterocycles. The number of unbranched alkanes of at least 4 members (excludes halogenated alkanes) is 18. The van der Waals surface area contributed by atoms with Gasteiger partial charge < -0.3 is 0 Å². The van der Waals surface area contributed by atoms with Crippen molar-refractivity contribution in [2.24, 2.45) is 11.8 Å². The van der Waals surface area contributed by atoms with Crippen LogP contribution in [0.1, 0.15) is 165 Å². The van der Waals surface area contributed by atoms with Gasteiger partial charge in [0.25, 0.3) is 0 Å². The number of rotatable bonds is 26. The summed E-state index contributed by atoms with van der Waals surface area (Å²) >= 11 is 11.1. The molecule has 340 valence electrons. The Bertz CT molecular complexity index is 2790. The standard InChI is InChI=1S/C58H62Br2N4S2/c1-3-5-7-9-11-13-15-17-19-21-23-39-31-53(59)65-57(39)41-25-27-45-47-33-52-48(34-51(47)55(49(45)29-41)43(35-61)36-62)46-28-26-42(30-50(46)56(52)44(37-63)38-64)58-40(32-54(60)66-58)24-22-20-18-16-14-12-10-8-6-4-2/h25-34,43-44H,3-24H2,1-2H3. The van der Waals surface area contributed by atoms with Crippen LogP contribution >= 0.6 is 54.5 Å². The molecule has 0 fully saturated rings. The molecule has 2 aliphatic carbocycles. The predicted molar refractivity (Wildman–Crippen MR) is 281 cm³/mol. The van der Waals surface area contributed by atoms with Crippen molar-refractivity contribution in [3.63, 3.8) is 0 Å². The van der Waals surface area contributed by atoms with Gasteiger partial charge in [0.15, 0.2) is 11.8 Å². The summed E-state index contributed by atoms with van der Waals surface area (Å²) in [7, 11) is 0. The number of benzene rings is 3. The van der Waals surface area contributed by atoms with Gasteiger partial charge in [-0.05, 0) is 170 Å². The molecule has 0 atom stereocenters. The monoisotopic (exact) mass is 1040 g/mol. The van der Waals surface area contributed by atoms with Crippen LogP contribution in [0.5, 0.6) is 0 Å². The molecule has 2 aliphatic rings. The zero-order valence-electron chi connectivity index (χ0n) is 38.8. The van der Waals surface area contributed by atoms with E-state index in [4.69, 9.17) is 0 Å². The highest BCUT2D eigenvalue weighted by Gasteiger charge is 2.28. The lowest BCUT2D eigenvalue weighted by Gasteiger charge is -2.10. The minimum Gasteiger partial charge on any atom is -0.196 e. The Morgan fingerprint density at radius 2 is 0.742 bits per heavy atom. The quantitative estimate of drug-likeness (QED) is 0.0516. The molecular formula is C58H62Br2N4S2. The summed E-state index contributed by atoms with van der Waals surface area (Å²) in [5, 5.41) is 47.4. The molecule has 0 spiro atoms. The largest absolute Gasteiger partial charge is 0.196 e. The average Bonchev–Trinajstić information content (AvgIpc) is 4.07. The van der Waals surface area contributed by atoms with Crippen molar-refractivity contribution in [2.75, 3.05) is 0 Å². The van der Waals surface area contributed by atoms with E-state index in [0.29, 0.717) is 0 Å². The first kappa shape index (κ1) is 49.6. The smallest absolute Gasteiger partial charge is 0.159 e. The molecule has 3 aromatic carbocycles. The molecule has 0 N–H and O–H groups in total. The first-order valence-corrected chi connectivity index (χ1v) is 27.9. The Morgan fingerprint density at radius 1 is 0.409 bits per heavy atom. The van der Waals surface area contributed by atoms with E-state index >= 15 is 0 Å². The molecule has 4 nitrogen and oxygen atoms in total. The van der Waals surface area contributed by atoms with Crippen LogP contribution in [-0.2, 0) is 12.8 Å². The highest BCUT2D eigenvalue weighted by molar-refractivity contribution is 9.11. The number of nitriles is 4. The van der Waals surface area contributed by atoms with Crippen molar-refractivity contribution < 1.29 is 0 Å². The van der Waals surface area contributed by atoms with Gasteiger partial charge in [-0.25, -0.2) is 0 Å². The summed E-state index contributed by atoms with van der Waals surface area (Å²) in [6.07, 6.45) is 28.1. The van der Waals surface area contributed by atoms with Crippen LogP contribution in [0.3, 0.4) is 0 Å². The summed E-state index contributed by atoms with van der Waals surface area (Å²) in [4.78, 5) is 2.44. The average molecular weight is 1040 g/mol. The third-order valence-corrected chi connectivity index (χ3v) is 17.2. The van der Waals surface area contributed by atoms with Crippen molar-refractivity contribution in [1.29, 1.82) is 21.0 Å². The maximum Gasteiger partial charge on any atom is 0.159 e. The number of halogens is 2. The van der Waals surface area contributed by atoms with Gasteiger partial charge in [0.05, 0.1) is 31.8 Å². The van der Waals surface area contributed by atoms with Crippen LogP contribution < -0.4 is 10.4 Å². The molecule has 66 heavy (non-hydrogen) atoms. The van der Waals surface area contributed by atoms with Gasteiger partial charge in [-0.1, -0.05) is 154 Å². The molecule has 2 aromatic heterocycles. The number of hydrogen-bond acceptors (Lipinski definition) is 6. The lowest BCUT2D eigenvalue weighted by atomic mass is 9.90. The fourth-order valence-corrected chi connectivity index (χ4v) is 13.7. The van der Waals surface area contributed by atoms with Gasteiger partial charge in [-0.3, -0.25) is 0 Å². The molecule has 2 heterocycles. The Hall–Kier alpha value is -4.28. The fourth-order valence-electron chi connectivity index (χ4n) is 10.3. The zero-order chi connectivity index (χ0) is 46.4. The van der Waals surface area contributed by atoms with E-state index in [1.54, 1.807) is 22.7 Å². The predicted octanol–water partition coefficient (Wildman–Crippen LogP) is 16.5. The Kier molecular flexibility index (Phi) is 18.5. The second kappa shape index (κ2) is 24.7. The van der Waals surface area contributed by atoms with Gasteiger partial charge in [0, 0.05) is 9.75 Å². The van der Waals surface area contributed by atoms with Gasteiger partial charge in [-0.2, -0.15) is 21.0 Å². The molecule has 0 unspecified atom stereocenters. The topological polar surface area (TPSA) is 95.2 Å². The lowest BCUT2D eigenvalue weighted by Crippen LogP contribution is -2.11. The summed E-state index contributed by atoms with van der Waals surface area (Å²) in [5.41, 5.74) is 8.03. The Balaban J connectivity index is 1.20. The molecule has 5 aromatic rings. The highest BCUT2D eigenvalue weighted by Crippen LogP contribution is 2.40. The fraction of sp³-hybridized carbons (Fsp3) is 0.448.